The molecular formula is C18H16O2. The summed E-state index contributed by atoms with van der Waals surface area (Å²) >= 11 is 0. The number of benzene rings is 2. The Bertz CT molecular complexity index is 645. The Morgan fingerprint density at radius 3 is 2.55 bits per heavy atom. The third-order valence-electron chi connectivity index (χ3n) is 3.88. The van der Waals surface area contributed by atoms with Gasteiger partial charge in [0.15, 0.2) is 0 Å². The van der Waals surface area contributed by atoms with Crippen molar-refractivity contribution >= 4 is 5.97 Å². The van der Waals surface area contributed by atoms with Crippen LogP contribution in [0.5, 0.6) is 5.75 Å². The van der Waals surface area contributed by atoms with E-state index in [0.29, 0.717) is 18.6 Å². The Hall–Kier alpha value is -2.35. The molecule has 0 radical (unpaired) electrons. The van der Waals surface area contributed by atoms with E-state index in [2.05, 4.69) is 6.58 Å². The zero-order valence-corrected chi connectivity index (χ0v) is 11.2. The van der Waals surface area contributed by atoms with Gasteiger partial charge in [0.25, 0.3) is 0 Å². The quantitative estimate of drug-likeness (QED) is 0.480. The van der Waals surface area contributed by atoms with E-state index in [4.69, 9.17) is 4.74 Å². The summed E-state index contributed by atoms with van der Waals surface area (Å²) in [7, 11) is 0. The number of allylic oxidation sites excluding steroid dienone is 1. The highest BCUT2D eigenvalue weighted by Crippen LogP contribution is 2.40. The van der Waals surface area contributed by atoms with Crippen molar-refractivity contribution in [2.45, 2.75) is 18.3 Å². The van der Waals surface area contributed by atoms with Crippen LogP contribution in [0.15, 0.2) is 67.3 Å². The minimum atomic E-state index is -0.655. The number of hydrogen-bond acceptors (Lipinski definition) is 2. The standard InChI is InChI=1S/C18H16O2/c1-2-12-18(15-9-4-3-5-10-15)13-14-8-6-7-11-16(14)20-17(18)19/h2-11H,1,12-13H2/t18-/m1/s1. The highest BCUT2D eigenvalue weighted by molar-refractivity contribution is 5.88. The minimum Gasteiger partial charge on any atom is -0.426 e. The van der Waals surface area contributed by atoms with E-state index in [1.165, 1.54) is 0 Å². The number of rotatable bonds is 3. The molecule has 0 spiro atoms. The molecule has 1 aliphatic rings. The van der Waals surface area contributed by atoms with Crippen LogP contribution in [0.2, 0.25) is 0 Å². The van der Waals surface area contributed by atoms with Crippen molar-refractivity contribution < 1.29 is 9.53 Å². The van der Waals surface area contributed by atoms with E-state index in [9.17, 15) is 4.79 Å². The van der Waals surface area contributed by atoms with Gasteiger partial charge in [0.2, 0.25) is 0 Å². The smallest absolute Gasteiger partial charge is 0.322 e. The number of ether oxygens (including phenoxy) is 1. The highest BCUT2D eigenvalue weighted by atomic mass is 16.5. The van der Waals surface area contributed by atoms with Gasteiger partial charge in [0, 0.05) is 0 Å². The average molecular weight is 264 g/mol. The highest BCUT2D eigenvalue weighted by Gasteiger charge is 2.44. The van der Waals surface area contributed by atoms with E-state index in [-0.39, 0.29) is 5.97 Å². The largest absolute Gasteiger partial charge is 0.426 e. The number of esters is 1. The SMILES string of the molecule is C=CC[C@]1(c2ccccc2)Cc2ccccc2OC1=O. The number of hydrogen-bond donors (Lipinski definition) is 0. The number of carbonyl (C=O) groups excluding carboxylic acids is 1. The van der Waals surface area contributed by atoms with Gasteiger partial charge in [-0.3, -0.25) is 4.79 Å². The summed E-state index contributed by atoms with van der Waals surface area (Å²) in [5.41, 5.74) is 1.40. The van der Waals surface area contributed by atoms with E-state index in [0.717, 1.165) is 11.1 Å². The Kier molecular flexibility index (Phi) is 3.15. The Morgan fingerprint density at radius 1 is 1.10 bits per heavy atom. The summed E-state index contributed by atoms with van der Waals surface area (Å²) in [6.45, 7) is 3.81. The molecule has 100 valence electrons. The molecule has 2 aromatic carbocycles. The molecule has 1 heterocycles. The lowest BCUT2D eigenvalue weighted by Crippen LogP contribution is -2.44. The lowest BCUT2D eigenvalue weighted by Gasteiger charge is -2.35. The summed E-state index contributed by atoms with van der Waals surface area (Å²) < 4.78 is 5.57. The second-order valence-corrected chi connectivity index (χ2v) is 5.11. The fraction of sp³-hybridized carbons (Fsp3) is 0.167. The third kappa shape index (κ3) is 1.94. The molecule has 0 saturated carbocycles. The van der Waals surface area contributed by atoms with Crippen molar-refractivity contribution in [1.29, 1.82) is 0 Å². The number of para-hydroxylation sites is 1. The van der Waals surface area contributed by atoms with Gasteiger partial charge in [0.1, 0.15) is 11.2 Å². The first kappa shape index (κ1) is 12.7. The van der Waals surface area contributed by atoms with Gasteiger partial charge >= 0.3 is 5.97 Å². The molecule has 2 aromatic rings. The first-order valence-corrected chi connectivity index (χ1v) is 6.73. The summed E-state index contributed by atoms with van der Waals surface area (Å²) in [5, 5.41) is 0. The van der Waals surface area contributed by atoms with Crippen LogP contribution in [0.4, 0.5) is 0 Å². The third-order valence-corrected chi connectivity index (χ3v) is 3.88. The van der Waals surface area contributed by atoms with Crippen LogP contribution in [0.3, 0.4) is 0 Å². The van der Waals surface area contributed by atoms with Gasteiger partial charge in [-0.2, -0.15) is 0 Å². The van der Waals surface area contributed by atoms with Gasteiger partial charge in [0.05, 0.1) is 0 Å². The van der Waals surface area contributed by atoms with E-state index in [1.54, 1.807) is 6.08 Å². The molecule has 0 aliphatic carbocycles. The Balaban J connectivity index is 2.12. The second kappa shape index (κ2) is 4.97. The van der Waals surface area contributed by atoms with Crippen molar-refractivity contribution in [3.05, 3.63) is 78.4 Å². The van der Waals surface area contributed by atoms with Crippen LogP contribution < -0.4 is 4.74 Å². The maximum Gasteiger partial charge on any atom is 0.322 e. The molecule has 0 aromatic heterocycles. The molecule has 0 bridgehead atoms. The van der Waals surface area contributed by atoms with Crippen LogP contribution in [0, 0.1) is 0 Å². The monoisotopic (exact) mass is 264 g/mol. The number of fused-ring (bicyclic) bond motifs is 1. The number of carbonyl (C=O) groups is 1. The minimum absolute atomic E-state index is 0.192. The molecule has 0 amide bonds. The van der Waals surface area contributed by atoms with Crippen molar-refractivity contribution in [2.75, 3.05) is 0 Å². The van der Waals surface area contributed by atoms with Gasteiger partial charge < -0.3 is 4.74 Å². The van der Waals surface area contributed by atoms with Crippen LogP contribution in [0.25, 0.3) is 0 Å². The molecular weight excluding hydrogens is 248 g/mol. The van der Waals surface area contributed by atoms with E-state index in [1.807, 2.05) is 54.6 Å². The summed E-state index contributed by atoms with van der Waals surface area (Å²) in [6.07, 6.45) is 3.02. The molecule has 1 aliphatic heterocycles. The topological polar surface area (TPSA) is 26.3 Å². The molecule has 0 unspecified atom stereocenters. The van der Waals surface area contributed by atoms with E-state index < -0.39 is 5.41 Å². The van der Waals surface area contributed by atoms with Gasteiger partial charge in [-0.05, 0) is 30.0 Å². The molecule has 0 N–H and O–H groups in total. The van der Waals surface area contributed by atoms with E-state index >= 15 is 0 Å². The van der Waals surface area contributed by atoms with Crippen molar-refractivity contribution in [2.24, 2.45) is 0 Å². The molecule has 2 heteroatoms. The molecule has 3 rings (SSSR count). The van der Waals surface area contributed by atoms with Crippen LogP contribution >= 0.6 is 0 Å². The normalized spacial score (nSPS) is 20.9. The lowest BCUT2D eigenvalue weighted by atomic mass is 9.72. The van der Waals surface area contributed by atoms with Crippen molar-refractivity contribution in [3.8, 4) is 5.75 Å². The molecule has 20 heavy (non-hydrogen) atoms. The van der Waals surface area contributed by atoms with Crippen LogP contribution in [-0.2, 0) is 16.6 Å². The average Bonchev–Trinajstić information content (AvgIpc) is 2.49. The molecule has 2 nitrogen and oxygen atoms in total. The molecule has 1 atom stereocenters. The predicted octanol–water partition coefficient (Wildman–Crippen LogP) is 3.66. The molecule has 0 saturated heterocycles. The lowest BCUT2D eigenvalue weighted by molar-refractivity contribution is -0.142. The zero-order valence-electron chi connectivity index (χ0n) is 11.2. The predicted molar refractivity (Wildman–Crippen MR) is 78.7 cm³/mol. The van der Waals surface area contributed by atoms with Crippen LogP contribution in [-0.4, -0.2) is 5.97 Å². The van der Waals surface area contributed by atoms with Gasteiger partial charge in [-0.1, -0.05) is 54.6 Å². The Labute approximate surface area is 118 Å². The fourth-order valence-corrected chi connectivity index (χ4v) is 2.84. The summed E-state index contributed by atoms with van der Waals surface area (Å²) in [5.74, 6) is 0.482. The Morgan fingerprint density at radius 2 is 1.80 bits per heavy atom. The van der Waals surface area contributed by atoms with Crippen LogP contribution in [0.1, 0.15) is 17.5 Å². The summed E-state index contributed by atoms with van der Waals surface area (Å²) in [6, 6.07) is 17.5. The van der Waals surface area contributed by atoms with Gasteiger partial charge in [-0.15, -0.1) is 6.58 Å². The summed E-state index contributed by atoms with van der Waals surface area (Å²) in [4.78, 5) is 12.6. The van der Waals surface area contributed by atoms with Crippen molar-refractivity contribution in [3.63, 3.8) is 0 Å². The maximum absolute atomic E-state index is 12.6. The zero-order chi connectivity index (χ0) is 14.0. The first-order valence-electron chi connectivity index (χ1n) is 6.73. The van der Waals surface area contributed by atoms with Gasteiger partial charge in [-0.25, -0.2) is 0 Å². The maximum atomic E-state index is 12.6. The molecule has 0 fully saturated rings. The van der Waals surface area contributed by atoms with Crippen molar-refractivity contribution in [1.82, 2.24) is 0 Å². The second-order valence-electron chi connectivity index (χ2n) is 5.11. The first-order chi connectivity index (χ1) is 9.76. The fourth-order valence-electron chi connectivity index (χ4n) is 2.84.